The van der Waals surface area contributed by atoms with Crippen molar-refractivity contribution in [3.05, 3.63) is 0 Å². The molecule has 0 radical (unpaired) electrons. The fraction of sp³-hybridized carbons (Fsp3) is 0.750. The van der Waals surface area contributed by atoms with Gasteiger partial charge in [0.25, 0.3) is 0 Å². The second-order valence-electron chi connectivity index (χ2n) is 1.15. The molecule has 9 heavy (non-hydrogen) atoms. The first-order valence-electron chi connectivity index (χ1n) is 2.13. The molecule has 48 valence electrons. The Morgan fingerprint density at radius 1 is 1.78 bits per heavy atom. The van der Waals surface area contributed by atoms with Crippen LogP contribution in [0.2, 0.25) is 0 Å². The Bertz CT molecular complexity index is 101. The maximum absolute atomic E-state index is 10.2. The van der Waals surface area contributed by atoms with E-state index in [9.17, 15) is 9.00 Å². The van der Waals surface area contributed by atoms with Crippen molar-refractivity contribution in [2.24, 2.45) is 0 Å². The molecular weight excluding hydrogens is 151 g/mol. The number of methoxy groups -OCH3 is 1. The van der Waals surface area contributed by atoms with Crippen LogP contribution < -0.4 is 29.6 Å². The molecule has 0 atom stereocenters. The first-order valence-corrected chi connectivity index (χ1v) is 3.04. The van der Waals surface area contributed by atoms with Gasteiger partial charge >= 0.3 is 47.2 Å². The molecule has 0 aromatic rings. The molecule has 0 fully saturated rings. The minimum atomic E-state index is -0.326. The van der Waals surface area contributed by atoms with E-state index in [0.29, 0.717) is 17.4 Å². The van der Waals surface area contributed by atoms with Gasteiger partial charge in [0.1, 0.15) is 6.42 Å². The van der Waals surface area contributed by atoms with E-state index in [1.54, 1.807) is 0 Å². The van der Waals surface area contributed by atoms with Crippen molar-refractivity contribution in [3.63, 3.8) is 0 Å². The van der Waals surface area contributed by atoms with Crippen LogP contribution in [-0.2, 0) is 25.4 Å². The van der Waals surface area contributed by atoms with Crippen LogP contribution in [0.1, 0.15) is 7.85 Å². The van der Waals surface area contributed by atoms with Crippen molar-refractivity contribution in [3.8, 4) is 0 Å². The number of rotatable bonds is 3. The number of carbonyl (C=O) groups excluding carboxylic acids is 1. The molecule has 0 aromatic heterocycles. The number of carbonyl (C=O) groups is 1. The predicted molar refractivity (Wildman–Crippen MR) is 30.7 cm³/mol. The largest absolute Gasteiger partial charge is 1.00 e. The van der Waals surface area contributed by atoms with E-state index in [-0.39, 0.29) is 43.4 Å². The van der Waals surface area contributed by atoms with E-state index in [4.69, 9.17) is 0 Å². The molecule has 0 heterocycles. The first-order chi connectivity index (χ1) is 3.81. The molecule has 0 aromatic carbocycles. The van der Waals surface area contributed by atoms with E-state index in [2.05, 4.69) is 4.74 Å². The standard InChI is InChI=1S/C4H7O3S.Na.H/c1-7-4(5)2-3-8-6;;/h2-3H2,1H3;;/q2*+1;-1. The van der Waals surface area contributed by atoms with Crippen molar-refractivity contribution in [2.75, 3.05) is 12.9 Å². The Balaban J connectivity index is -0.000000245. The zero-order valence-corrected chi connectivity index (χ0v) is 8.36. The van der Waals surface area contributed by atoms with Crippen LogP contribution in [0.15, 0.2) is 0 Å². The average molecular weight is 159 g/mol. The van der Waals surface area contributed by atoms with Crippen molar-refractivity contribution in [2.45, 2.75) is 6.42 Å². The van der Waals surface area contributed by atoms with Crippen LogP contribution >= 0.6 is 0 Å². The quantitative estimate of drug-likeness (QED) is 0.252. The third-order valence-electron chi connectivity index (χ3n) is 0.617. The minimum absolute atomic E-state index is 0. The summed E-state index contributed by atoms with van der Waals surface area (Å²) in [4.78, 5) is 10.2. The molecule has 3 nitrogen and oxygen atoms in total. The second kappa shape index (κ2) is 8.49. The summed E-state index contributed by atoms with van der Waals surface area (Å²) in [5.74, 6) is -0.0273. The number of ether oxygens (including phenoxy) is 1. The van der Waals surface area contributed by atoms with E-state index in [0.717, 1.165) is 0 Å². The van der Waals surface area contributed by atoms with Gasteiger partial charge in [-0.1, -0.05) is 0 Å². The van der Waals surface area contributed by atoms with Gasteiger partial charge in [-0.2, -0.15) is 0 Å². The number of hydrogen-bond acceptors (Lipinski definition) is 3. The normalized spacial score (nSPS) is 7.22. The molecular formula is C4H8NaO3S+. The minimum Gasteiger partial charge on any atom is -1.00 e. The summed E-state index contributed by atoms with van der Waals surface area (Å²) >= 11 is 0.394. The summed E-state index contributed by atoms with van der Waals surface area (Å²) in [7, 11) is 1.30. The Kier molecular flexibility index (Phi) is 11.5. The summed E-state index contributed by atoms with van der Waals surface area (Å²) < 4.78 is 13.9. The molecule has 0 aliphatic carbocycles. The maximum Gasteiger partial charge on any atom is 1.00 e. The summed E-state index contributed by atoms with van der Waals surface area (Å²) in [6, 6.07) is 0. The van der Waals surface area contributed by atoms with Crippen molar-refractivity contribution >= 4 is 17.6 Å². The predicted octanol–water partition coefficient (Wildman–Crippen LogP) is -2.91. The van der Waals surface area contributed by atoms with E-state index in [1.807, 2.05) is 0 Å². The van der Waals surface area contributed by atoms with Gasteiger partial charge in [-0.25, -0.2) is 0 Å². The van der Waals surface area contributed by atoms with E-state index < -0.39 is 0 Å². The summed E-state index contributed by atoms with van der Waals surface area (Å²) in [5.41, 5.74) is 0. The fourth-order valence-electron chi connectivity index (χ4n) is 0.227. The molecule has 0 amide bonds. The SMILES string of the molecule is COC(=O)CC[S+]=O.[H-].[Na+]. The smallest absolute Gasteiger partial charge is 1.00 e. The molecule has 0 saturated heterocycles. The van der Waals surface area contributed by atoms with Gasteiger partial charge in [-0.15, -0.1) is 0 Å². The Labute approximate surface area is 81.4 Å². The van der Waals surface area contributed by atoms with Crippen LogP contribution in [0.5, 0.6) is 0 Å². The van der Waals surface area contributed by atoms with E-state index in [1.165, 1.54) is 7.11 Å². The fourth-order valence-corrected chi connectivity index (χ4v) is 0.477. The molecule has 0 spiro atoms. The van der Waals surface area contributed by atoms with Gasteiger partial charge in [0, 0.05) is 4.21 Å². The zero-order chi connectivity index (χ0) is 6.41. The third-order valence-corrected chi connectivity index (χ3v) is 0.988. The first kappa shape index (κ1) is 12.2. The van der Waals surface area contributed by atoms with Crippen LogP contribution in [0.4, 0.5) is 0 Å². The van der Waals surface area contributed by atoms with Gasteiger partial charge in [-0.3, -0.25) is 4.79 Å². The van der Waals surface area contributed by atoms with Gasteiger partial charge in [0.2, 0.25) is 5.75 Å². The molecule has 0 rings (SSSR count). The maximum atomic E-state index is 10.2. The molecule has 0 saturated carbocycles. The van der Waals surface area contributed by atoms with Crippen molar-refractivity contribution in [1.29, 1.82) is 0 Å². The van der Waals surface area contributed by atoms with Crippen LogP contribution in [0.25, 0.3) is 0 Å². The summed E-state index contributed by atoms with van der Waals surface area (Å²) in [5, 5.41) is 0. The molecule has 0 N–H and O–H groups in total. The molecule has 0 aliphatic rings. The van der Waals surface area contributed by atoms with Crippen molar-refractivity contribution in [1.82, 2.24) is 0 Å². The topological polar surface area (TPSA) is 43.4 Å². The number of hydrogen-bond donors (Lipinski definition) is 0. The molecule has 0 bridgehead atoms. The van der Waals surface area contributed by atoms with Crippen LogP contribution in [0, 0.1) is 0 Å². The van der Waals surface area contributed by atoms with E-state index >= 15 is 0 Å². The monoisotopic (exact) mass is 159 g/mol. The Hall–Kier alpha value is 0.490. The van der Waals surface area contributed by atoms with Gasteiger partial charge in [-0.05, 0) is 0 Å². The molecule has 0 unspecified atom stereocenters. The average Bonchev–Trinajstić information content (AvgIpc) is 1.83. The van der Waals surface area contributed by atoms with Crippen LogP contribution in [-0.4, -0.2) is 18.8 Å². The Morgan fingerprint density at radius 3 is 2.67 bits per heavy atom. The Morgan fingerprint density at radius 2 is 2.33 bits per heavy atom. The summed E-state index contributed by atoms with van der Waals surface area (Å²) in [6.07, 6.45) is 0.213. The second-order valence-corrected chi connectivity index (χ2v) is 1.79. The molecule has 5 heteroatoms. The van der Waals surface area contributed by atoms with Gasteiger partial charge in [0.05, 0.1) is 7.11 Å². The van der Waals surface area contributed by atoms with Gasteiger partial charge < -0.3 is 6.16 Å². The third kappa shape index (κ3) is 8.49. The number of esters is 1. The van der Waals surface area contributed by atoms with Crippen molar-refractivity contribution < 1.29 is 44.7 Å². The zero-order valence-electron chi connectivity index (χ0n) is 6.55. The summed E-state index contributed by atoms with van der Waals surface area (Å²) in [6.45, 7) is 0. The van der Waals surface area contributed by atoms with Gasteiger partial charge in [0.15, 0.2) is 0 Å². The van der Waals surface area contributed by atoms with Crippen LogP contribution in [0.3, 0.4) is 0 Å². The molecule has 0 aliphatic heterocycles.